The van der Waals surface area contributed by atoms with Crippen LogP contribution < -0.4 is 11.1 Å². The van der Waals surface area contributed by atoms with Crippen molar-refractivity contribution in [3.8, 4) is 0 Å². The molecule has 0 bridgehead atoms. The molecule has 1 aromatic rings. The molecule has 1 amide bonds. The predicted octanol–water partition coefficient (Wildman–Crippen LogP) is 0.621. The number of benzene rings is 1. The molecule has 0 fully saturated rings. The Bertz CT molecular complexity index is 505. The Balaban J connectivity index is 2.64. The maximum absolute atomic E-state index is 12.1. The maximum Gasteiger partial charge on any atom is 0.328 e. The zero-order valence-corrected chi connectivity index (χ0v) is 13.9. The van der Waals surface area contributed by atoms with Gasteiger partial charge in [-0.05, 0) is 24.3 Å². The molecule has 128 valence electrons. The minimum absolute atomic E-state index is 0.189. The van der Waals surface area contributed by atoms with E-state index in [0.29, 0.717) is 12.8 Å². The van der Waals surface area contributed by atoms with Crippen molar-refractivity contribution in [2.75, 3.05) is 7.11 Å². The van der Waals surface area contributed by atoms with E-state index in [2.05, 4.69) is 10.1 Å². The number of carbonyl (C=O) groups is 2. The Labute approximate surface area is 137 Å². The van der Waals surface area contributed by atoms with Gasteiger partial charge in [0.1, 0.15) is 12.1 Å². The van der Waals surface area contributed by atoms with Gasteiger partial charge >= 0.3 is 5.97 Å². The topological polar surface area (TPSA) is 102 Å². The van der Waals surface area contributed by atoms with E-state index in [9.17, 15) is 14.7 Å². The van der Waals surface area contributed by atoms with Crippen LogP contribution in [0.5, 0.6) is 0 Å². The lowest BCUT2D eigenvalue weighted by Gasteiger charge is -2.23. The highest BCUT2D eigenvalue weighted by Crippen LogP contribution is 2.08. The van der Waals surface area contributed by atoms with Crippen LogP contribution in [0.15, 0.2) is 30.3 Å². The SMILES string of the molecule is COC(=O)C(CC(C)C)NC(=O)[C@@H](O)[C@H](N)Cc1ccccc1. The third-order valence-corrected chi connectivity index (χ3v) is 3.50. The van der Waals surface area contributed by atoms with Crippen LogP contribution in [0.4, 0.5) is 0 Å². The van der Waals surface area contributed by atoms with Crippen LogP contribution in [0, 0.1) is 5.92 Å². The van der Waals surface area contributed by atoms with E-state index < -0.39 is 30.1 Å². The molecule has 0 saturated carbocycles. The third-order valence-electron chi connectivity index (χ3n) is 3.50. The molecule has 1 unspecified atom stereocenters. The van der Waals surface area contributed by atoms with Crippen molar-refractivity contribution in [2.24, 2.45) is 11.7 Å². The Kier molecular flexibility index (Phi) is 7.71. The van der Waals surface area contributed by atoms with Crippen LogP contribution in [0.3, 0.4) is 0 Å². The molecule has 6 nitrogen and oxygen atoms in total. The van der Waals surface area contributed by atoms with E-state index in [4.69, 9.17) is 5.73 Å². The third kappa shape index (κ3) is 6.38. The number of nitrogens with two attached hydrogens (primary N) is 1. The standard InChI is InChI=1S/C17H26N2O4/c1-11(2)9-14(17(22)23-3)19-16(21)15(20)13(18)10-12-7-5-4-6-8-12/h4-8,11,13-15,20H,9-10,18H2,1-3H3,(H,19,21)/t13-,14?,15+/m1/s1. The van der Waals surface area contributed by atoms with Crippen molar-refractivity contribution < 1.29 is 19.4 Å². The van der Waals surface area contributed by atoms with Crippen molar-refractivity contribution in [1.82, 2.24) is 5.32 Å². The first-order valence-corrected chi connectivity index (χ1v) is 7.71. The molecule has 0 aliphatic heterocycles. The number of nitrogens with one attached hydrogen (secondary N) is 1. The highest BCUT2D eigenvalue weighted by molar-refractivity contribution is 5.87. The zero-order chi connectivity index (χ0) is 17.4. The summed E-state index contributed by atoms with van der Waals surface area (Å²) in [6.07, 6.45) is -0.601. The molecule has 0 spiro atoms. The van der Waals surface area contributed by atoms with Crippen LogP contribution in [-0.2, 0) is 20.7 Å². The minimum Gasteiger partial charge on any atom is -0.467 e. The first-order valence-electron chi connectivity index (χ1n) is 7.71. The molecule has 0 aliphatic carbocycles. The van der Waals surface area contributed by atoms with Crippen molar-refractivity contribution >= 4 is 11.9 Å². The lowest BCUT2D eigenvalue weighted by Crippen LogP contribution is -2.52. The average Bonchev–Trinajstić information content (AvgIpc) is 2.53. The van der Waals surface area contributed by atoms with Gasteiger partial charge in [-0.3, -0.25) is 4.79 Å². The number of aliphatic hydroxyl groups excluding tert-OH is 1. The highest BCUT2D eigenvalue weighted by atomic mass is 16.5. The smallest absolute Gasteiger partial charge is 0.328 e. The summed E-state index contributed by atoms with van der Waals surface area (Å²) in [6.45, 7) is 3.86. The second-order valence-corrected chi connectivity index (χ2v) is 6.01. The summed E-state index contributed by atoms with van der Waals surface area (Å²) >= 11 is 0. The molecule has 0 radical (unpaired) electrons. The highest BCUT2D eigenvalue weighted by Gasteiger charge is 2.28. The summed E-state index contributed by atoms with van der Waals surface area (Å²) in [5.74, 6) is -1.00. The predicted molar refractivity (Wildman–Crippen MR) is 87.5 cm³/mol. The van der Waals surface area contributed by atoms with Gasteiger partial charge in [0.25, 0.3) is 5.91 Å². The van der Waals surface area contributed by atoms with Gasteiger partial charge in [0.2, 0.25) is 0 Å². The molecule has 6 heteroatoms. The Hall–Kier alpha value is -1.92. The van der Waals surface area contributed by atoms with Crippen LogP contribution in [0.2, 0.25) is 0 Å². The van der Waals surface area contributed by atoms with Gasteiger partial charge in [-0.2, -0.15) is 0 Å². The minimum atomic E-state index is -1.39. The van der Waals surface area contributed by atoms with Gasteiger partial charge in [-0.25, -0.2) is 4.79 Å². The van der Waals surface area contributed by atoms with Gasteiger partial charge in [0.15, 0.2) is 0 Å². The van der Waals surface area contributed by atoms with E-state index >= 15 is 0 Å². The zero-order valence-electron chi connectivity index (χ0n) is 13.9. The normalized spacial score (nSPS) is 14.9. The lowest BCUT2D eigenvalue weighted by atomic mass is 10.00. The lowest BCUT2D eigenvalue weighted by molar-refractivity contribution is -0.147. The van der Waals surface area contributed by atoms with Gasteiger partial charge in [-0.1, -0.05) is 44.2 Å². The fourth-order valence-corrected chi connectivity index (χ4v) is 2.28. The van der Waals surface area contributed by atoms with E-state index in [0.717, 1.165) is 5.56 Å². The number of rotatable bonds is 8. The number of esters is 1. The molecule has 4 N–H and O–H groups in total. The van der Waals surface area contributed by atoms with Crippen LogP contribution >= 0.6 is 0 Å². The number of carbonyl (C=O) groups excluding carboxylic acids is 2. The van der Waals surface area contributed by atoms with Crippen molar-refractivity contribution in [1.29, 1.82) is 0 Å². The first kappa shape index (κ1) is 19.1. The molecule has 3 atom stereocenters. The van der Waals surface area contributed by atoms with Gasteiger partial charge < -0.3 is 20.9 Å². The van der Waals surface area contributed by atoms with E-state index in [1.807, 2.05) is 44.2 Å². The molecular formula is C17H26N2O4. The number of aliphatic hydroxyl groups is 1. The summed E-state index contributed by atoms with van der Waals surface area (Å²) in [7, 11) is 1.26. The van der Waals surface area contributed by atoms with Gasteiger partial charge in [-0.15, -0.1) is 0 Å². The fraction of sp³-hybridized carbons (Fsp3) is 0.529. The van der Waals surface area contributed by atoms with E-state index in [-0.39, 0.29) is 5.92 Å². The molecule has 1 aromatic carbocycles. The second-order valence-electron chi connectivity index (χ2n) is 6.01. The molecule has 0 aromatic heterocycles. The fourth-order valence-electron chi connectivity index (χ4n) is 2.28. The first-order chi connectivity index (χ1) is 10.8. The van der Waals surface area contributed by atoms with Gasteiger partial charge in [0.05, 0.1) is 7.11 Å². The van der Waals surface area contributed by atoms with Crippen LogP contribution in [0.1, 0.15) is 25.8 Å². The Morgan fingerprint density at radius 1 is 1.26 bits per heavy atom. The summed E-state index contributed by atoms with van der Waals surface area (Å²) in [4.78, 5) is 23.9. The largest absolute Gasteiger partial charge is 0.467 e. The molecule has 1 rings (SSSR count). The monoisotopic (exact) mass is 322 g/mol. The number of hydrogen-bond acceptors (Lipinski definition) is 5. The molecule has 0 heterocycles. The van der Waals surface area contributed by atoms with Gasteiger partial charge in [0, 0.05) is 6.04 Å². The summed E-state index contributed by atoms with van der Waals surface area (Å²) < 4.78 is 4.68. The number of amides is 1. The van der Waals surface area contributed by atoms with Crippen molar-refractivity contribution in [3.05, 3.63) is 35.9 Å². The summed E-state index contributed by atoms with van der Waals surface area (Å²) in [5.41, 5.74) is 6.84. The molecular weight excluding hydrogens is 296 g/mol. The number of methoxy groups -OCH3 is 1. The molecule has 23 heavy (non-hydrogen) atoms. The summed E-state index contributed by atoms with van der Waals surface area (Å²) in [5, 5.41) is 12.6. The van der Waals surface area contributed by atoms with Crippen LogP contribution in [0.25, 0.3) is 0 Å². The van der Waals surface area contributed by atoms with Crippen LogP contribution in [-0.4, -0.2) is 42.3 Å². The average molecular weight is 322 g/mol. The van der Waals surface area contributed by atoms with E-state index in [1.54, 1.807) is 0 Å². The molecule has 0 saturated heterocycles. The van der Waals surface area contributed by atoms with Crippen molar-refractivity contribution in [2.45, 2.75) is 44.9 Å². The Morgan fingerprint density at radius 3 is 2.39 bits per heavy atom. The molecule has 0 aliphatic rings. The maximum atomic E-state index is 12.1. The van der Waals surface area contributed by atoms with E-state index in [1.165, 1.54) is 7.11 Å². The Morgan fingerprint density at radius 2 is 1.87 bits per heavy atom. The number of hydrogen-bond donors (Lipinski definition) is 3. The quantitative estimate of drug-likeness (QED) is 0.609. The number of ether oxygens (including phenoxy) is 1. The second kappa shape index (κ2) is 9.27. The summed E-state index contributed by atoms with van der Waals surface area (Å²) in [6, 6.07) is 7.82. The van der Waals surface area contributed by atoms with Crippen molar-refractivity contribution in [3.63, 3.8) is 0 Å².